The van der Waals surface area contributed by atoms with Gasteiger partial charge in [0.05, 0.1) is 16.9 Å². The van der Waals surface area contributed by atoms with Gasteiger partial charge in [-0.15, -0.1) is 0 Å². The molecule has 1 heterocycles. The third-order valence-electron chi connectivity index (χ3n) is 6.13. The molecule has 3 aromatic carbocycles. The summed E-state index contributed by atoms with van der Waals surface area (Å²) in [4.78, 5) is 13.3. The second-order valence-corrected chi connectivity index (χ2v) is 10.1. The summed E-state index contributed by atoms with van der Waals surface area (Å²) in [5.74, 6) is 1.28. The number of benzene rings is 3. The van der Waals surface area contributed by atoms with Crippen molar-refractivity contribution in [3.05, 3.63) is 72.3 Å². The standard InChI is InChI=1S/C25H24N2O6S/c28-13-12-26-34(30,31)21-7-4-17(5-8-21)18-2-1-3-20(14-18)27-24(29)25(10-11-25)19-6-9-22-23(15-19)33-16-32-22/h1-9,14-15,26,28H,10-13,16H2,(H,27,29). The molecule has 1 saturated carbocycles. The summed E-state index contributed by atoms with van der Waals surface area (Å²) in [5.41, 5.74) is 2.66. The van der Waals surface area contributed by atoms with Crippen molar-refractivity contribution in [2.45, 2.75) is 23.2 Å². The van der Waals surface area contributed by atoms with Crippen LogP contribution >= 0.6 is 0 Å². The van der Waals surface area contributed by atoms with Gasteiger partial charge in [-0.1, -0.05) is 30.3 Å². The normalized spacial score (nSPS) is 15.7. The summed E-state index contributed by atoms with van der Waals surface area (Å²) in [6, 6.07) is 19.5. The van der Waals surface area contributed by atoms with Gasteiger partial charge in [-0.05, 0) is 65.9 Å². The van der Waals surface area contributed by atoms with Crippen LogP contribution in [0.15, 0.2) is 71.6 Å². The molecule has 0 spiro atoms. The number of sulfonamides is 1. The lowest BCUT2D eigenvalue weighted by Gasteiger charge is -2.17. The van der Waals surface area contributed by atoms with E-state index in [4.69, 9.17) is 14.6 Å². The summed E-state index contributed by atoms with van der Waals surface area (Å²) in [5, 5.41) is 11.9. The molecule has 176 valence electrons. The lowest BCUT2D eigenvalue weighted by atomic mass is 9.94. The number of hydrogen-bond acceptors (Lipinski definition) is 6. The maximum absolute atomic E-state index is 13.2. The largest absolute Gasteiger partial charge is 0.454 e. The topological polar surface area (TPSA) is 114 Å². The summed E-state index contributed by atoms with van der Waals surface area (Å²) >= 11 is 0. The molecule has 5 rings (SSSR count). The van der Waals surface area contributed by atoms with Crippen molar-refractivity contribution >= 4 is 21.6 Å². The first-order valence-electron chi connectivity index (χ1n) is 10.9. The Labute approximate surface area is 197 Å². The fraction of sp³-hybridized carbons (Fsp3) is 0.240. The zero-order valence-corrected chi connectivity index (χ0v) is 19.1. The molecule has 0 bridgehead atoms. The van der Waals surface area contributed by atoms with E-state index in [0.717, 1.165) is 29.5 Å². The molecule has 0 atom stereocenters. The molecular formula is C25H24N2O6S. The van der Waals surface area contributed by atoms with E-state index in [0.29, 0.717) is 17.2 Å². The van der Waals surface area contributed by atoms with Gasteiger partial charge in [0.2, 0.25) is 22.7 Å². The molecule has 2 aliphatic rings. The molecule has 3 aromatic rings. The quantitative estimate of drug-likeness (QED) is 0.457. The van der Waals surface area contributed by atoms with Crippen molar-refractivity contribution in [3.63, 3.8) is 0 Å². The summed E-state index contributed by atoms with van der Waals surface area (Å²) < 4.78 is 37.6. The number of aliphatic hydroxyl groups is 1. The maximum Gasteiger partial charge on any atom is 0.240 e. The van der Waals surface area contributed by atoms with E-state index >= 15 is 0 Å². The predicted octanol–water partition coefficient (Wildman–Crippen LogP) is 3.02. The summed E-state index contributed by atoms with van der Waals surface area (Å²) in [6.07, 6.45) is 1.52. The van der Waals surface area contributed by atoms with Crippen LogP contribution in [0.1, 0.15) is 18.4 Å². The Bertz CT molecular complexity index is 1330. The third kappa shape index (κ3) is 4.25. The molecule has 0 aromatic heterocycles. The van der Waals surface area contributed by atoms with Gasteiger partial charge in [0.25, 0.3) is 0 Å². The molecule has 0 radical (unpaired) electrons. The first-order valence-corrected chi connectivity index (χ1v) is 12.4. The minimum atomic E-state index is -3.67. The monoisotopic (exact) mass is 480 g/mol. The van der Waals surface area contributed by atoms with Crippen molar-refractivity contribution in [1.29, 1.82) is 0 Å². The molecule has 1 amide bonds. The molecule has 0 unspecified atom stereocenters. The lowest BCUT2D eigenvalue weighted by Crippen LogP contribution is -2.27. The second-order valence-electron chi connectivity index (χ2n) is 8.33. The SMILES string of the molecule is O=C(Nc1cccc(-c2ccc(S(=O)(=O)NCCO)cc2)c1)C1(c2ccc3c(c2)OCO3)CC1. The van der Waals surface area contributed by atoms with Crippen molar-refractivity contribution in [2.24, 2.45) is 0 Å². The van der Waals surface area contributed by atoms with Crippen molar-refractivity contribution in [1.82, 2.24) is 4.72 Å². The average Bonchev–Trinajstić information content (AvgIpc) is 3.54. The number of hydrogen-bond donors (Lipinski definition) is 3. The van der Waals surface area contributed by atoms with Crippen LogP contribution in [-0.4, -0.2) is 39.4 Å². The van der Waals surface area contributed by atoms with Crippen molar-refractivity contribution in [2.75, 3.05) is 25.3 Å². The molecule has 0 saturated heterocycles. The van der Waals surface area contributed by atoms with Crippen LogP contribution in [0.5, 0.6) is 11.5 Å². The number of carbonyl (C=O) groups is 1. The molecule has 1 fully saturated rings. The van der Waals surface area contributed by atoms with Crippen LogP contribution in [-0.2, 0) is 20.2 Å². The van der Waals surface area contributed by atoms with Crippen LogP contribution < -0.4 is 19.5 Å². The highest BCUT2D eigenvalue weighted by Crippen LogP contribution is 2.51. The van der Waals surface area contributed by atoms with Crippen LogP contribution in [0.3, 0.4) is 0 Å². The third-order valence-corrected chi connectivity index (χ3v) is 7.61. The van der Waals surface area contributed by atoms with Gasteiger partial charge in [0.15, 0.2) is 11.5 Å². The van der Waals surface area contributed by atoms with E-state index in [-0.39, 0.29) is 30.7 Å². The Morgan fingerprint density at radius 2 is 1.71 bits per heavy atom. The molecule has 1 aliphatic heterocycles. The Balaban J connectivity index is 1.32. The number of ether oxygens (including phenoxy) is 2. The lowest BCUT2D eigenvalue weighted by molar-refractivity contribution is -0.118. The van der Waals surface area contributed by atoms with Crippen LogP contribution in [0.2, 0.25) is 0 Å². The number of nitrogens with one attached hydrogen (secondary N) is 2. The van der Waals surface area contributed by atoms with E-state index in [1.54, 1.807) is 12.1 Å². The predicted molar refractivity (Wildman–Crippen MR) is 126 cm³/mol. The highest BCUT2D eigenvalue weighted by molar-refractivity contribution is 7.89. The molecule has 9 heteroatoms. The van der Waals surface area contributed by atoms with Gasteiger partial charge in [0, 0.05) is 12.2 Å². The van der Waals surface area contributed by atoms with Crippen molar-refractivity contribution < 1.29 is 27.8 Å². The van der Waals surface area contributed by atoms with Crippen molar-refractivity contribution in [3.8, 4) is 22.6 Å². The molecule has 1 aliphatic carbocycles. The van der Waals surface area contributed by atoms with Crippen LogP contribution in [0, 0.1) is 0 Å². The van der Waals surface area contributed by atoms with E-state index in [1.165, 1.54) is 12.1 Å². The van der Waals surface area contributed by atoms with Gasteiger partial charge in [-0.3, -0.25) is 4.79 Å². The molecule has 8 nitrogen and oxygen atoms in total. The maximum atomic E-state index is 13.2. The Hall–Kier alpha value is -3.40. The highest BCUT2D eigenvalue weighted by atomic mass is 32.2. The number of carbonyl (C=O) groups excluding carboxylic acids is 1. The van der Waals surface area contributed by atoms with E-state index in [2.05, 4.69) is 10.0 Å². The smallest absolute Gasteiger partial charge is 0.240 e. The fourth-order valence-electron chi connectivity index (χ4n) is 4.08. The van der Waals surface area contributed by atoms with E-state index in [1.807, 2.05) is 42.5 Å². The van der Waals surface area contributed by atoms with E-state index < -0.39 is 15.4 Å². The second kappa shape index (κ2) is 8.75. The minimum absolute atomic E-state index is 0.0421. The number of aliphatic hydroxyl groups excluding tert-OH is 1. The number of rotatable bonds is 8. The van der Waals surface area contributed by atoms with Gasteiger partial charge in [-0.25, -0.2) is 13.1 Å². The summed E-state index contributed by atoms with van der Waals surface area (Å²) in [7, 11) is -3.67. The first-order chi connectivity index (χ1) is 16.4. The minimum Gasteiger partial charge on any atom is -0.454 e. The Morgan fingerprint density at radius 3 is 2.44 bits per heavy atom. The Kier molecular flexibility index (Phi) is 5.76. The van der Waals surface area contributed by atoms with Crippen LogP contribution in [0.4, 0.5) is 5.69 Å². The molecular weight excluding hydrogens is 456 g/mol. The van der Waals surface area contributed by atoms with Gasteiger partial charge in [-0.2, -0.15) is 0 Å². The number of fused-ring (bicyclic) bond motifs is 1. The molecule has 34 heavy (non-hydrogen) atoms. The van der Waals surface area contributed by atoms with Gasteiger partial charge < -0.3 is 19.9 Å². The number of amides is 1. The van der Waals surface area contributed by atoms with Crippen LogP contribution in [0.25, 0.3) is 11.1 Å². The summed E-state index contributed by atoms with van der Waals surface area (Å²) in [6.45, 7) is -0.123. The van der Waals surface area contributed by atoms with Gasteiger partial charge in [0.1, 0.15) is 0 Å². The zero-order valence-electron chi connectivity index (χ0n) is 18.3. The Morgan fingerprint density at radius 1 is 0.941 bits per heavy atom. The zero-order chi connectivity index (χ0) is 23.8. The van der Waals surface area contributed by atoms with Gasteiger partial charge >= 0.3 is 0 Å². The van der Waals surface area contributed by atoms with E-state index in [9.17, 15) is 13.2 Å². The highest BCUT2D eigenvalue weighted by Gasteiger charge is 2.51. The average molecular weight is 481 g/mol. The first kappa shape index (κ1) is 22.4. The molecule has 3 N–H and O–H groups in total. The fourth-order valence-corrected chi connectivity index (χ4v) is 5.10. The number of anilines is 1.